The zero-order valence-electron chi connectivity index (χ0n) is 16.7. The van der Waals surface area contributed by atoms with Crippen molar-refractivity contribution >= 4 is 11.9 Å². The van der Waals surface area contributed by atoms with Crippen LogP contribution in [-0.4, -0.2) is 63.3 Å². The van der Waals surface area contributed by atoms with E-state index in [4.69, 9.17) is 9.72 Å². The average molecular weight is 396 g/mol. The monoisotopic (exact) mass is 396 g/mol. The number of anilines is 1. The van der Waals surface area contributed by atoms with Crippen LogP contribution in [0.5, 0.6) is 0 Å². The topological polar surface area (TPSA) is 87.2 Å². The molecule has 2 aromatic rings. The normalized spacial score (nSPS) is 25.0. The summed E-state index contributed by atoms with van der Waals surface area (Å²) in [6.45, 7) is 3.47. The number of hydrogen-bond acceptors (Lipinski definition) is 6. The number of rotatable bonds is 4. The lowest BCUT2D eigenvalue weighted by Crippen LogP contribution is -2.41. The molecule has 154 valence electrons. The fourth-order valence-electron chi connectivity index (χ4n) is 4.77. The summed E-state index contributed by atoms with van der Waals surface area (Å²) >= 11 is 0. The lowest BCUT2D eigenvalue weighted by atomic mass is 10.0. The van der Waals surface area contributed by atoms with E-state index in [0.29, 0.717) is 6.61 Å². The number of aromatic amines is 1. The van der Waals surface area contributed by atoms with Crippen molar-refractivity contribution < 1.29 is 9.53 Å². The third kappa shape index (κ3) is 3.61. The quantitative estimate of drug-likeness (QED) is 0.855. The summed E-state index contributed by atoms with van der Waals surface area (Å²) in [4.78, 5) is 26.6. The summed E-state index contributed by atoms with van der Waals surface area (Å²) in [6.07, 6.45) is 10.6. The Labute approximate surface area is 170 Å². The zero-order chi connectivity index (χ0) is 19.6. The molecule has 8 nitrogen and oxygen atoms in total. The molecule has 3 aliphatic rings. The number of hydrogen-bond donors (Lipinski definition) is 1. The molecule has 0 radical (unpaired) electrons. The van der Waals surface area contributed by atoms with Crippen LogP contribution in [0.3, 0.4) is 0 Å². The van der Waals surface area contributed by atoms with E-state index in [2.05, 4.69) is 20.1 Å². The van der Waals surface area contributed by atoms with Gasteiger partial charge in [0.05, 0.1) is 23.6 Å². The van der Waals surface area contributed by atoms with Gasteiger partial charge in [-0.3, -0.25) is 9.89 Å². The highest BCUT2D eigenvalue weighted by Crippen LogP contribution is 2.37. The largest absolute Gasteiger partial charge is 0.368 e. The molecule has 0 bridgehead atoms. The van der Waals surface area contributed by atoms with Crippen molar-refractivity contribution in [3.8, 4) is 11.3 Å². The first kappa shape index (κ1) is 18.5. The molecule has 0 aromatic carbocycles. The van der Waals surface area contributed by atoms with Crippen molar-refractivity contribution in [1.29, 1.82) is 0 Å². The van der Waals surface area contributed by atoms with E-state index in [0.717, 1.165) is 74.6 Å². The van der Waals surface area contributed by atoms with E-state index >= 15 is 0 Å². The first-order valence-corrected chi connectivity index (χ1v) is 10.8. The van der Waals surface area contributed by atoms with Crippen LogP contribution in [0, 0.1) is 0 Å². The Morgan fingerprint density at radius 1 is 1.10 bits per heavy atom. The number of H-pyrrole nitrogens is 1. The van der Waals surface area contributed by atoms with E-state index in [1.54, 1.807) is 0 Å². The molecule has 1 amide bonds. The van der Waals surface area contributed by atoms with Crippen LogP contribution < -0.4 is 4.90 Å². The number of carbonyl (C=O) groups excluding carboxylic acids is 1. The number of likely N-dealkylation sites (tertiary alicyclic amines) is 1. The highest BCUT2D eigenvalue weighted by molar-refractivity contribution is 5.82. The lowest BCUT2D eigenvalue weighted by molar-refractivity contribution is -0.147. The van der Waals surface area contributed by atoms with Crippen LogP contribution in [0.15, 0.2) is 18.5 Å². The molecule has 8 heteroatoms. The molecule has 1 N–H and O–H groups in total. The molecule has 0 spiro atoms. The number of carbonyl (C=O) groups is 1. The minimum Gasteiger partial charge on any atom is -0.368 e. The van der Waals surface area contributed by atoms with Gasteiger partial charge in [-0.15, -0.1) is 0 Å². The van der Waals surface area contributed by atoms with Gasteiger partial charge in [0.15, 0.2) is 0 Å². The second kappa shape index (κ2) is 8.10. The van der Waals surface area contributed by atoms with Crippen molar-refractivity contribution in [2.24, 2.45) is 0 Å². The van der Waals surface area contributed by atoms with Gasteiger partial charge in [-0.2, -0.15) is 5.10 Å². The average Bonchev–Trinajstić information content (AvgIpc) is 3.55. The molecule has 3 fully saturated rings. The molecule has 5 heterocycles. The Hall–Kier alpha value is -2.48. The van der Waals surface area contributed by atoms with Crippen LogP contribution >= 0.6 is 0 Å². The van der Waals surface area contributed by atoms with Gasteiger partial charge in [-0.05, 0) is 51.0 Å². The third-order valence-electron chi connectivity index (χ3n) is 6.30. The maximum Gasteiger partial charge on any atom is 0.252 e. The highest BCUT2D eigenvalue weighted by atomic mass is 16.5. The molecule has 0 unspecified atom stereocenters. The maximum atomic E-state index is 13.1. The fourth-order valence-corrected chi connectivity index (χ4v) is 4.77. The predicted molar refractivity (Wildman–Crippen MR) is 108 cm³/mol. The van der Waals surface area contributed by atoms with Crippen LogP contribution in [0.1, 0.15) is 56.7 Å². The van der Waals surface area contributed by atoms with Gasteiger partial charge in [0.2, 0.25) is 5.95 Å². The molecule has 3 aliphatic heterocycles. The standard InChI is InChI=1S/C21H28N6O2/c28-20(18-7-1-4-13-29-18)27-12-5-6-17(27)19-15(14-23-25-19)16-8-9-22-21(24-16)26-10-2-3-11-26/h8-9,14,17-18H,1-7,10-13H2,(H,23,25)/t17-,18+/m1/s1. The van der Waals surface area contributed by atoms with E-state index in [-0.39, 0.29) is 18.1 Å². The van der Waals surface area contributed by atoms with Gasteiger partial charge in [0.1, 0.15) is 6.10 Å². The fraction of sp³-hybridized carbons (Fsp3) is 0.619. The summed E-state index contributed by atoms with van der Waals surface area (Å²) in [7, 11) is 0. The molecule has 2 aromatic heterocycles. The first-order chi connectivity index (χ1) is 14.3. The van der Waals surface area contributed by atoms with Crippen LogP contribution in [0.2, 0.25) is 0 Å². The summed E-state index contributed by atoms with van der Waals surface area (Å²) in [5, 5.41) is 7.47. The molecule has 2 atom stereocenters. The van der Waals surface area contributed by atoms with Gasteiger partial charge in [0, 0.05) is 38.0 Å². The molecule has 29 heavy (non-hydrogen) atoms. The van der Waals surface area contributed by atoms with E-state index in [9.17, 15) is 4.79 Å². The van der Waals surface area contributed by atoms with Gasteiger partial charge in [-0.25, -0.2) is 9.97 Å². The Morgan fingerprint density at radius 2 is 2.00 bits per heavy atom. The number of aromatic nitrogens is 4. The summed E-state index contributed by atoms with van der Waals surface area (Å²) < 4.78 is 5.76. The van der Waals surface area contributed by atoms with Crippen LogP contribution in [0.25, 0.3) is 11.3 Å². The van der Waals surface area contributed by atoms with Gasteiger partial charge in [-0.1, -0.05) is 0 Å². The summed E-state index contributed by atoms with van der Waals surface area (Å²) in [5.41, 5.74) is 2.79. The molecule has 3 saturated heterocycles. The first-order valence-electron chi connectivity index (χ1n) is 10.8. The van der Waals surface area contributed by atoms with Crippen molar-refractivity contribution in [2.75, 3.05) is 31.1 Å². The van der Waals surface area contributed by atoms with Crippen molar-refractivity contribution in [3.63, 3.8) is 0 Å². The number of ether oxygens (including phenoxy) is 1. The molecule has 5 rings (SSSR count). The Morgan fingerprint density at radius 3 is 2.83 bits per heavy atom. The van der Waals surface area contributed by atoms with Gasteiger partial charge < -0.3 is 14.5 Å². The Balaban J connectivity index is 1.41. The van der Waals surface area contributed by atoms with E-state index < -0.39 is 0 Å². The molecule has 0 saturated carbocycles. The second-order valence-corrected chi connectivity index (χ2v) is 8.18. The van der Waals surface area contributed by atoms with Crippen molar-refractivity contribution in [3.05, 3.63) is 24.2 Å². The summed E-state index contributed by atoms with van der Waals surface area (Å²) in [5.74, 6) is 0.898. The van der Waals surface area contributed by atoms with Crippen molar-refractivity contribution in [2.45, 2.75) is 57.1 Å². The number of amides is 1. The molecular formula is C21H28N6O2. The summed E-state index contributed by atoms with van der Waals surface area (Å²) in [6, 6.07) is 1.93. The second-order valence-electron chi connectivity index (χ2n) is 8.18. The highest BCUT2D eigenvalue weighted by Gasteiger charge is 2.37. The molecular weight excluding hydrogens is 368 g/mol. The predicted octanol–water partition coefficient (Wildman–Crippen LogP) is 2.70. The van der Waals surface area contributed by atoms with E-state index in [1.807, 2.05) is 23.4 Å². The van der Waals surface area contributed by atoms with Crippen molar-refractivity contribution in [1.82, 2.24) is 25.1 Å². The molecule has 0 aliphatic carbocycles. The van der Waals surface area contributed by atoms with Crippen LogP contribution in [-0.2, 0) is 9.53 Å². The maximum absolute atomic E-state index is 13.1. The third-order valence-corrected chi connectivity index (χ3v) is 6.30. The number of nitrogens with one attached hydrogen (secondary N) is 1. The van der Waals surface area contributed by atoms with Gasteiger partial charge in [0.25, 0.3) is 5.91 Å². The van der Waals surface area contributed by atoms with Crippen LogP contribution in [0.4, 0.5) is 5.95 Å². The minimum atomic E-state index is -0.295. The Bertz CT molecular complexity index is 856. The zero-order valence-corrected chi connectivity index (χ0v) is 16.7. The Kier molecular flexibility index (Phi) is 5.18. The minimum absolute atomic E-state index is 0.00396. The SMILES string of the molecule is O=C([C@@H]1CCCCO1)N1CCC[C@@H]1c1[nH]ncc1-c1ccnc(N2CCCC2)n1. The van der Waals surface area contributed by atoms with Gasteiger partial charge >= 0.3 is 0 Å². The number of nitrogens with zero attached hydrogens (tertiary/aromatic N) is 5. The smallest absolute Gasteiger partial charge is 0.252 e. The lowest BCUT2D eigenvalue weighted by Gasteiger charge is -2.30. The van der Waals surface area contributed by atoms with E-state index in [1.165, 1.54) is 12.8 Å².